The van der Waals surface area contributed by atoms with Crippen LogP contribution in [0.25, 0.3) is 0 Å². The summed E-state index contributed by atoms with van der Waals surface area (Å²) >= 11 is 0. The van der Waals surface area contributed by atoms with Crippen LogP contribution in [0.5, 0.6) is 0 Å². The molecule has 0 bridgehead atoms. The zero-order chi connectivity index (χ0) is 15.6. The lowest BCUT2D eigenvalue weighted by molar-refractivity contribution is -0.121. The van der Waals surface area contributed by atoms with Crippen LogP contribution in [0.1, 0.15) is 110 Å². The Kier molecular flexibility index (Phi) is 8.55. The lowest BCUT2D eigenvalue weighted by Gasteiger charge is -2.28. The largest absolute Gasteiger partial charge is 0.300 e. The quantitative estimate of drug-likeness (QED) is 0.433. The summed E-state index contributed by atoms with van der Waals surface area (Å²) in [5.74, 6) is 3.47. The smallest absolute Gasteiger partial charge is 0.132 e. The summed E-state index contributed by atoms with van der Waals surface area (Å²) in [6.07, 6.45) is 21.6. The average molecular weight is 307 g/mol. The molecule has 0 spiro atoms. The van der Waals surface area contributed by atoms with E-state index in [2.05, 4.69) is 6.92 Å². The lowest BCUT2D eigenvalue weighted by atomic mass is 9.77. The van der Waals surface area contributed by atoms with Crippen LogP contribution in [0.3, 0.4) is 0 Å². The highest BCUT2D eigenvalue weighted by Gasteiger charge is 2.21. The van der Waals surface area contributed by atoms with E-state index in [4.69, 9.17) is 0 Å². The molecule has 2 saturated carbocycles. The molecule has 0 aromatic rings. The number of carbonyl (C=O) groups is 1. The van der Waals surface area contributed by atoms with Crippen LogP contribution in [0.2, 0.25) is 0 Å². The molecule has 22 heavy (non-hydrogen) atoms. The topological polar surface area (TPSA) is 17.1 Å². The van der Waals surface area contributed by atoms with E-state index in [1.165, 1.54) is 89.9 Å². The lowest BCUT2D eigenvalue weighted by Crippen LogP contribution is -2.15. The van der Waals surface area contributed by atoms with Gasteiger partial charge in [0.2, 0.25) is 0 Å². The van der Waals surface area contributed by atoms with Gasteiger partial charge in [-0.1, -0.05) is 84.0 Å². The molecule has 0 radical (unpaired) electrons. The van der Waals surface area contributed by atoms with Crippen molar-refractivity contribution in [2.45, 2.75) is 110 Å². The van der Waals surface area contributed by atoms with Crippen molar-refractivity contribution in [3.05, 3.63) is 0 Å². The summed E-state index contributed by atoms with van der Waals surface area (Å²) in [7, 11) is 0. The van der Waals surface area contributed by atoms with Gasteiger partial charge in [-0.05, 0) is 30.6 Å². The van der Waals surface area contributed by atoms with Crippen molar-refractivity contribution in [1.29, 1.82) is 0 Å². The van der Waals surface area contributed by atoms with Crippen molar-refractivity contribution < 1.29 is 4.79 Å². The fraction of sp³-hybridized carbons (Fsp3) is 0.952. The number of hydrogen-bond donors (Lipinski definition) is 0. The van der Waals surface area contributed by atoms with Crippen molar-refractivity contribution in [2.24, 2.45) is 17.8 Å². The molecule has 0 N–H and O–H groups in total. The molecule has 2 aliphatic rings. The Bertz CT molecular complexity index is 291. The molecule has 128 valence electrons. The van der Waals surface area contributed by atoms with E-state index in [9.17, 15) is 4.79 Å². The fourth-order valence-electron chi connectivity index (χ4n) is 4.65. The number of rotatable bonds is 9. The molecule has 0 aromatic carbocycles. The molecule has 2 fully saturated rings. The molecular formula is C21H38O. The molecule has 2 aliphatic carbocycles. The van der Waals surface area contributed by atoms with Gasteiger partial charge in [-0.15, -0.1) is 0 Å². The first kappa shape index (κ1) is 18.0. The summed E-state index contributed by atoms with van der Waals surface area (Å²) in [6, 6.07) is 0. The van der Waals surface area contributed by atoms with Crippen molar-refractivity contribution in [1.82, 2.24) is 0 Å². The number of ketones is 1. The van der Waals surface area contributed by atoms with Crippen molar-refractivity contribution in [3.8, 4) is 0 Å². The first-order chi connectivity index (χ1) is 10.8. The molecule has 1 heteroatoms. The molecule has 1 nitrogen and oxygen atoms in total. The van der Waals surface area contributed by atoms with Gasteiger partial charge in [0.25, 0.3) is 0 Å². The Morgan fingerprint density at radius 1 is 0.682 bits per heavy atom. The number of hydrogen-bond acceptors (Lipinski definition) is 1. The predicted octanol–water partition coefficient (Wildman–Crippen LogP) is 6.69. The van der Waals surface area contributed by atoms with Crippen LogP contribution in [0.15, 0.2) is 0 Å². The third kappa shape index (κ3) is 6.84. The minimum absolute atomic E-state index is 0.506. The number of Topliss-reactive ketones (excluding diaryl/α,β-unsaturated/α-hetero) is 1. The molecule has 0 amide bonds. The average Bonchev–Trinajstić information content (AvgIpc) is 2.55. The second-order valence-electron chi connectivity index (χ2n) is 8.15. The maximum atomic E-state index is 11.3. The summed E-state index contributed by atoms with van der Waals surface area (Å²) in [5.41, 5.74) is 0. The maximum Gasteiger partial charge on any atom is 0.132 e. The van der Waals surface area contributed by atoms with Crippen LogP contribution in [0.4, 0.5) is 0 Å². The SMILES string of the molecule is CCCCCC1CCC(CCCCC2CCC(=O)CC2)CC1. The van der Waals surface area contributed by atoms with Gasteiger partial charge in [0.15, 0.2) is 0 Å². The van der Waals surface area contributed by atoms with Gasteiger partial charge >= 0.3 is 0 Å². The third-order valence-electron chi connectivity index (χ3n) is 6.32. The first-order valence-electron chi connectivity index (χ1n) is 10.3. The van der Waals surface area contributed by atoms with Gasteiger partial charge in [-0.3, -0.25) is 4.79 Å². The van der Waals surface area contributed by atoms with E-state index in [1.54, 1.807) is 0 Å². The van der Waals surface area contributed by atoms with E-state index in [1.807, 2.05) is 0 Å². The molecule has 0 heterocycles. The van der Waals surface area contributed by atoms with E-state index < -0.39 is 0 Å². The highest BCUT2D eigenvalue weighted by Crippen LogP contribution is 2.35. The molecular weight excluding hydrogens is 268 g/mol. The van der Waals surface area contributed by atoms with Crippen LogP contribution in [-0.4, -0.2) is 5.78 Å². The molecule has 0 atom stereocenters. The molecule has 0 saturated heterocycles. The highest BCUT2D eigenvalue weighted by atomic mass is 16.1. The molecule has 0 unspecified atom stereocenters. The molecule has 2 rings (SSSR count). The Morgan fingerprint density at radius 2 is 1.09 bits per heavy atom. The van der Waals surface area contributed by atoms with Gasteiger partial charge in [-0.25, -0.2) is 0 Å². The van der Waals surface area contributed by atoms with Crippen molar-refractivity contribution in [2.75, 3.05) is 0 Å². The minimum atomic E-state index is 0.506. The summed E-state index contributed by atoms with van der Waals surface area (Å²) in [4.78, 5) is 11.3. The van der Waals surface area contributed by atoms with Gasteiger partial charge in [0.1, 0.15) is 5.78 Å². The van der Waals surface area contributed by atoms with Crippen LogP contribution in [0, 0.1) is 17.8 Å². The second-order valence-corrected chi connectivity index (χ2v) is 8.15. The molecule has 0 aliphatic heterocycles. The predicted molar refractivity (Wildman–Crippen MR) is 95.0 cm³/mol. The second kappa shape index (κ2) is 10.4. The Morgan fingerprint density at radius 3 is 1.55 bits per heavy atom. The van der Waals surface area contributed by atoms with E-state index in [0.717, 1.165) is 30.6 Å². The van der Waals surface area contributed by atoms with Gasteiger partial charge in [0, 0.05) is 12.8 Å². The Labute approximate surface area is 138 Å². The van der Waals surface area contributed by atoms with E-state index in [-0.39, 0.29) is 0 Å². The summed E-state index contributed by atoms with van der Waals surface area (Å²) < 4.78 is 0. The third-order valence-corrected chi connectivity index (χ3v) is 6.32. The highest BCUT2D eigenvalue weighted by molar-refractivity contribution is 5.78. The zero-order valence-electron chi connectivity index (χ0n) is 15.0. The molecule has 0 aromatic heterocycles. The standard InChI is InChI=1S/C21H38O/c1-2-3-4-7-18-10-12-19(13-11-18)8-5-6-9-20-14-16-21(22)17-15-20/h18-20H,2-17H2,1H3. The first-order valence-corrected chi connectivity index (χ1v) is 10.3. The summed E-state index contributed by atoms with van der Waals surface area (Å²) in [6.45, 7) is 2.31. The van der Waals surface area contributed by atoms with Crippen LogP contribution < -0.4 is 0 Å². The van der Waals surface area contributed by atoms with Crippen LogP contribution >= 0.6 is 0 Å². The van der Waals surface area contributed by atoms with Crippen molar-refractivity contribution in [3.63, 3.8) is 0 Å². The van der Waals surface area contributed by atoms with Crippen LogP contribution in [-0.2, 0) is 4.79 Å². The minimum Gasteiger partial charge on any atom is -0.300 e. The summed E-state index contributed by atoms with van der Waals surface area (Å²) in [5, 5.41) is 0. The van der Waals surface area contributed by atoms with E-state index in [0.29, 0.717) is 5.78 Å². The monoisotopic (exact) mass is 306 g/mol. The van der Waals surface area contributed by atoms with Gasteiger partial charge in [-0.2, -0.15) is 0 Å². The Balaban J connectivity index is 1.46. The number of carbonyl (C=O) groups excluding carboxylic acids is 1. The zero-order valence-corrected chi connectivity index (χ0v) is 15.0. The number of unbranched alkanes of at least 4 members (excludes halogenated alkanes) is 3. The maximum absolute atomic E-state index is 11.3. The van der Waals surface area contributed by atoms with Crippen molar-refractivity contribution >= 4 is 5.78 Å². The van der Waals surface area contributed by atoms with E-state index >= 15 is 0 Å². The van der Waals surface area contributed by atoms with Gasteiger partial charge in [0.05, 0.1) is 0 Å². The normalized spacial score (nSPS) is 27.2. The Hall–Kier alpha value is -0.330. The van der Waals surface area contributed by atoms with Gasteiger partial charge < -0.3 is 0 Å². The fourth-order valence-corrected chi connectivity index (χ4v) is 4.65.